The van der Waals surface area contributed by atoms with Crippen molar-refractivity contribution >= 4 is 5.95 Å². The SMILES string of the molecule is Cc1cnc(N2CCC(CF)CC2)[nH]1. The first-order valence-corrected chi connectivity index (χ1v) is 5.12. The molecule has 1 aromatic rings. The number of nitrogens with one attached hydrogen (secondary N) is 1. The minimum atomic E-state index is -0.176. The van der Waals surface area contributed by atoms with E-state index in [-0.39, 0.29) is 12.6 Å². The fraction of sp³-hybridized carbons (Fsp3) is 0.700. The van der Waals surface area contributed by atoms with Crippen LogP contribution in [0.5, 0.6) is 0 Å². The van der Waals surface area contributed by atoms with E-state index in [1.807, 2.05) is 13.1 Å². The zero-order chi connectivity index (χ0) is 9.97. The molecule has 1 saturated heterocycles. The lowest BCUT2D eigenvalue weighted by Crippen LogP contribution is -2.34. The van der Waals surface area contributed by atoms with Crippen molar-refractivity contribution in [3.8, 4) is 0 Å². The lowest BCUT2D eigenvalue weighted by molar-refractivity contribution is 0.306. The highest BCUT2D eigenvalue weighted by molar-refractivity contribution is 5.31. The molecule has 0 bridgehead atoms. The lowest BCUT2D eigenvalue weighted by Gasteiger charge is -2.30. The molecule has 0 radical (unpaired) electrons. The van der Waals surface area contributed by atoms with Gasteiger partial charge in [-0.05, 0) is 25.7 Å². The molecule has 1 N–H and O–H groups in total. The van der Waals surface area contributed by atoms with Gasteiger partial charge >= 0.3 is 0 Å². The Labute approximate surface area is 83.3 Å². The molecule has 0 atom stereocenters. The van der Waals surface area contributed by atoms with Crippen LogP contribution in [0.15, 0.2) is 6.20 Å². The fourth-order valence-corrected chi connectivity index (χ4v) is 1.86. The van der Waals surface area contributed by atoms with E-state index in [4.69, 9.17) is 0 Å². The summed E-state index contributed by atoms with van der Waals surface area (Å²) in [5.41, 5.74) is 1.08. The molecule has 0 saturated carbocycles. The van der Waals surface area contributed by atoms with Gasteiger partial charge in [-0.15, -0.1) is 0 Å². The maximum absolute atomic E-state index is 12.4. The molecule has 0 amide bonds. The molecule has 0 aromatic carbocycles. The Kier molecular flexibility index (Phi) is 2.70. The van der Waals surface area contributed by atoms with Crippen molar-refractivity contribution in [2.45, 2.75) is 19.8 Å². The van der Waals surface area contributed by atoms with Gasteiger partial charge in [-0.1, -0.05) is 0 Å². The standard InChI is InChI=1S/C10H16FN3/c1-8-7-12-10(13-8)14-4-2-9(6-11)3-5-14/h7,9H,2-6H2,1H3,(H,12,13). The molecule has 78 valence electrons. The van der Waals surface area contributed by atoms with Crippen LogP contribution in [-0.4, -0.2) is 29.7 Å². The second-order valence-corrected chi connectivity index (χ2v) is 3.97. The minimum Gasteiger partial charge on any atom is -0.342 e. The molecule has 1 aromatic heterocycles. The number of hydrogen-bond acceptors (Lipinski definition) is 2. The molecule has 0 spiro atoms. The summed E-state index contributed by atoms with van der Waals surface area (Å²) < 4.78 is 12.4. The second-order valence-electron chi connectivity index (χ2n) is 3.97. The third-order valence-corrected chi connectivity index (χ3v) is 2.82. The van der Waals surface area contributed by atoms with Crippen LogP contribution in [0.1, 0.15) is 18.5 Å². The van der Waals surface area contributed by atoms with Gasteiger partial charge < -0.3 is 9.88 Å². The number of aromatic amines is 1. The largest absolute Gasteiger partial charge is 0.342 e. The Balaban J connectivity index is 1.95. The number of rotatable bonds is 2. The number of imidazole rings is 1. The maximum Gasteiger partial charge on any atom is 0.202 e. The monoisotopic (exact) mass is 197 g/mol. The molecular weight excluding hydrogens is 181 g/mol. The smallest absolute Gasteiger partial charge is 0.202 e. The number of halogens is 1. The molecule has 1 aliphatic rings. The van der Waals surface area contributed by atoms with Crippen LogP contribution in [0.3, 0.4) is 0 Å². The first kappa shape index (κ1) is 9.49. The number of alkyl halides is 1. The van der Waals surface area contributed by atoms with Gasteiger partial charge in [0.1, 0.15) is 0 Å². The van der Waals surface area contributed by atoms with Crippen LogP contribution >= 0.6 is 0 Å². The van der Waals surface area contributed by atoms with Gasteiger partial charge in [0, 0.05) is 25.0 Å². The maximum atomic E-state index is 12.4. The highest BCUT2D eigenvalue weighted by Crippen LogP contribution is 2.20. The number of hydrogen-bond donors (Lipinski definition) is 1. The van der Waals surface area contributed by atoms with E-state index in [0.29, 0.717) is 0 Å². The second kappa shape index (κ2) is 3.98. The molecule has 4 heteroatoms. The zero-order valence-corrected chi connectivity index (χ0v) is 8.46. The topological polar surface area (TPSA) is 31.9 Å². The Morgan fingerprint density at radius 3 is 2.79 bits per heavy atom. The molecule has 0 aliphatic carbocycles. The van der Waals surface area contributed by atoms with Crippen molar-refractivity contribution in [2.75, 3.05) is 24.7 Å². The third kappa shape index (κ3) is 1.89. The van der Waals surface area contributed by atoms with Crippen molar-refractivity contribution in [1.82, 2.24) is 9.97 Å². The Bertz CT molecular complexity index is 289. The molecule has 1 fully saturated rings. The van der Waals surface area contributed by atoms with E-state index in [2.05, 4.69) is 14.9 Å². The number of nitrogens with zero attached hydrogens (tertiary/aromatic N) is 2. The average Bonchev–Trinajstić information content (AvgIpc) is 2.65. The van der Waals surface area contributed by atoms with Gasteiger partial charge in [-0.2, -0.15) is 0 Å². The summed E-state index contributed by atoms with van der Waals surface area (Å²) in [6, 6.07) is 0. The summed E-state index contributed by atoms with van der Waals surface area (Å²) in [5.74, 6) is 1.20. The highest BCUT2D eigenvalue weighted by atomic mass is 19.1. The number of aromatic nitrogens is 2. The predicted molar refractivity (Wildman–Crippen MR) is 54.2 cm³/mol. The number of anilines is 1. The van der Waals surface area contributed by atoms with Crippen molar-refractivity contribution in [2.24, 2.45) is 5.92 Å². The Hall–Kier alpha value is -1.06. The summed E-state index contributed by atoms with van der Waals surface area (Å²) in [5, 5.41) is 0. The highest BCUT2D eigenvalue weighted by Gasteiger charge is 2.20. The number of H-pyrrole nitrogens is 1. The molecule has 3 nitrogen and oxygen atoms in total. The van der Waals surface area contributed by atoms with E-state index in [0.717, 1.165) is 37.6 Å². The van der Waals surface area contributed by atoms with Crippen LogP contribution in [0.2, 0.25) is 0 Å². The van der Waals surface area contributed by atoms with Gasteiger partial charge in [0.2, 0.25) is 5.95 Å². The van der Waals surface area contributed by atoms with Crippen molar-refractivity contribution in [1.29, 1.82) is 0 Å². The van der Waals surface area contributed by atoms with Gasteiger partial charge in [-0.3, -0.25) is 4.39 Å². The first-order chi connectivity index (χ1) is 6.79. The summed E-state index contributed by atoms with van der Waals surface area (Å²) in [6.45, 7) is 3.65. The van der Waals surface area contributed by atoms with Crippen molar-refractivity contribution in [3.63, 3.8) is 0 Å². The van der Waals surface area contributed by atoms with E-state index in [1.54, 1.807) is 0 Å². The van der Waals surface area contributed by atoms with Crippen LogP contribution in [0.4, 0.5) is 10.3 Å². The van der Waals surface area contributed by atoms with E-state index < -0.39 is 0 Å². The van der Waals surface area contributed by atoms with Gasteiger partial charge in [0.15, 0.2) is 0 Å². The van der Waals surface area contributed by atoms with Crippen molar-refractivity contribution in [3.05, 3.63) is 11.9 Å². The predicted octanol–water partition coefficient (Wildman–Crippen LogP) is 1.90. The molecule has 1 aliphatic heterocycles. The van der Waals surface area contributed by atoms with Crippen molar-refractivity contribution < 1.29 is 4.39 Å². The number of piperidine rings is 1. The quantitative estimate of drug-likeness (QED) is 0.785. The lowest BCUT2D eigenvalue weighted by atomic mass is 9.99. The molecule has 2 heterocycles. The summed E-state index contributed by atoms with van der Waals surface area (Å²) in [4.78, 5) is 9.66. The van der Waals surface area contributed by atoms with Crippen LogP contribution < -0.4 is 4.90 Å². The van der Waals surface area contributed by atoms with Gasteiger partial charge in [0.25, 0.3) is 0 Å². The molecule has 14 heavy (non-hydrogen) atoms. The zero-order valence-electron chi connectivity index (χ0n) is 8.46. The summed E-state index contributed by atoms with van der Waals surface area (Å²) >= 11 is 0. The third-order valence-electron chi connectivity index (χ3n) is 2.82. The Morgan fingerprint density at radius 2 is 2.29 bits per heavy atom. The summed E-state index contributed by atoms with van der Waals surface area (Å²) in [6.07, 6.45) is 3.71. The van der Waals surface area contributed by atoms with E-state index in [1.165, 1.54) is 0 Å². The minimum absolute atomic E-state index is 0.176. The fourth-order valence-electron chi connectivity index (χ4n) is 1.86. The van der Waals surface area contributed by atoms with Gasteiger partial charge in [-0.25, -0.2) is 4.98 Å². The van der Waals surface area contributed by atoms with Crippen LogP contribution in [0.25, 0.3) is 0 Å². The molecule has 2 rings (SSSR count). The van der Waals surface area contributed by atoms with E-state index in [9.17, 15) is 4.39 Å². The van der Waals surface area contributed by atoms with Crippen LogP contribution in [0, 0.1) is 12.8 Å². The van der Waals surface area contributed by atoms with Crippen LogP contribution in [-0.2, 0) is 0 Å². The van der Waals surface area contributed by atoms with E-state index >= 15 is 0 Å². The first-order valence-electron chi connectivity index (χ1n) is 5.12. The molecular formula is C10H16FN3. The number of aryl methyl sites for hydroxylation is 1. The average molecular weight is 197 g/mol. The molecule has 0 unspecified atom stereocenters. The normalized spacial score (nSPS) is 18.9. The Morgan fingerprint density at radius 1 is 1.57 bits per heavy atom. The van der Waals surface area contributed by atoms with Gasteiger partial charge in [0.05, 0.1) is 6.67 Å². The summed E-state index contributed by atoms with van der Waals surface area (Å²) in [7, 11) is 0.